The first-order chi connectivity index (χ1) is 25.6. The molecule has 0 spiro atoms. The van der Waals surface area contributed by atoms with Crippen molar-refractivity contribution in [2.24, 2.45) is 0 Å². The highest BCUT2D eigenvalue weighted by molar-refractivity contribution is 5.70. The van der Waals surface area contributed by atoms with Crippen molar-refractivity contribution in [3.8, 4) is 0 Å². The van der Waals surface area contributed by atoms with Crippen molar-refractivity contribution in [2.45, 2.75) is 129 Å². The molecular formula is C45H71NO7. The summed E-state index contributed by atoms with van der Waals surface area (Å²) in [6.45, 7) is 4.25. The van der Waals surface area contributed by atoms with E-state index < -0.39 is 24.1 Å². The van der Waals surface area contributed by atoms with Gasteiger partial charge in [0.05, 0.1) is 40.3 Å². The molecule has 0 fully saturated rings. The van der Waals surface area contributed by atoms with E-state index in [-0.39, 0.29) is 43.1 Å². The van der Waals surface area contributed by atoms with E-state index in [0.717, 1.165) is 77.0 Å². The summed E-state index contributed by atoms with van der Waals surface area (Å²) < 4.78 is 16.9. The molecule has 0 amide bonds. The van der Waals surface area contributed by atoms with Gasteiger partial charge in [0.2, 0.25) is 0 Å². The minimum Gasteiger partial charge on any atom is -0.544 e. The van der Waals surface area contributed by atoms with E-state index in [1.807, 2.05) is 12.2 Å². The molecule has 2 unspecified atom stereocenters. The summed E-state index contributed by atoms with van der Waals surface area (Å²) in [5.74, 6) is -1.89. The standard InChI is InChI=1S/C45H71NO7/c1-6-8-10-12-14-15-16-17-18-19-20-21-22-23-24-25-26-27-28-30-31-33-35-43(47)52-40-41(39-51-38-37-42(45(49)50)46(3,4)5)53-44(48)36-34-32-29-13-11-9-7-2/h8-11,14-15,17-18,20-21,23-24,26-27,29,32,41-42H,6-7,12-13,16,19,22,25,28,30-31,33-40H2,1-5H3/b10-8+,11-9+,15-14+,18-17+,21-20+,24-23+,27-26+,32-29+. The lowest BCUT2D eigenvalue weighted by atomic mass is 10.1. The van der Waals surface area contributed by atoms with Crippen LogP contribution < -0.4 is 5.11 Å². The van der Waals surface area contributed by atoms with Gasteiger partial charge in [-0.3, -0.25) is 9.59 Å². The molecule has 0 aliphatic rings. The molecule has 298 valence electrons. The molecule has 0 N–H and O–H groups in total. The van der Waals surface area contributed by atoms with Crippen LogP contribution in [0.15, 0.2) is 97.2 Å². The molecule has 8 nitrogen and oxygen atoms in total. The molecule has 0 saturated heterocycles. The van der Waals surface area contributed by atoms with Crippen LogP contribution in [-0.2, 0) is 28.6 Å². The van der Waals surface area contributed by atoms with Crippen LogP contribution in [-0.4, -0.2) is 75.5 Å². The third-order valence-electron chi connectivity index (χ3n) is 7.98. The van der Waals surface area contributed by atoms with E-state index in [1.54, 1.807) is 21.1 Å². The van der Waals surface area contributed by atoms with Crippen LogP contribution in [0.2, 0.25) is 0 Å². The highest BCUT2D eigenvalue weighted by Crippen LogP contribution is 2.10. The van der Waals surface area contributed by atoms with Crippen LogP contribution in [0.25, 0.3) is 0 Å². The predicted molar refractivity (Wildman–Crippen MR) is 217 cm³/mol. The fraction of sp³-hybridized carbons (Fsp3) is 0.578. The first-order valence-corrected chi connectivity index (χ1v) is 19.8. The fourth-order valence-electron chi connectivity index (χ4n) is 4.95. The summed E-state index contributed by atoms with van der Waals surface area (Å²) in [5, 5.41) is 11.6. The van der Waals surface area contributed by atoms with Crippen LogP contribution >= 0.6 is 0 Å². The van der Waals surface area contributed by atoms with Crippen LogP contribution in [0.1, 0.15) is 117 Å². The van der Waals surface area contributed by atoms with Crippen LogP contribution in [0.5, 0.6) is 0 Å². The Bertz CT molecular complexity index is 1180. The highest BCUT2D eigenvalue weighted by Gasteiger charge is 2.25. The number of carbonyl (C=O) groups is 3. The van der Waals surface area contributed by atoms with Gasteiger partial charge < -0.3 is 28.6 Å². The zero-order valence-electron chi connectivity index (χ0n) is 33.6. The maximum atomic E-state index is 12.5. The van der Waals surface area contributed by atoms with Crippen molar-refractivity contribution in [1.29, 1.82) is 0 Å². The van der Waals surface area contributed by atoms with Crippen LogP contribution in [0.3, 0.4) is 0 Å². The quantitative estimate of drug-likeness (QED) is 0.0287. The Labute approximate surface area is 322 Å². The number of aliphatic carboxylic acids is 1. The minimum absolute atomic E-state index is 0.000457. The second-order valence-electron chi connectivity index (χ2n) is 13.7. The molecule has 0 aromatic rings. The predicted octanol–water partition coefficient (Wildman–Crippen LogP) is 9.01. The van der Waals surface area contributed by atoms with Crippen molar-refractivity contribution >= 4 is 17.9 Å². The molecule has 2 atom stereocenters. The number of nitrogens with zero attached hydrogens (tertiary/aromatic N) is 1. The average molecular weight is 738 g/mol. The molecule has 0 saturated carbocycles. The number of hydrogen-bond donors (Lipinski definition) is 0. The Hall–Kier alpha value is -3.75. The smallest absolute Gasteiger partial charge is 0.306 e. The topological polar surface area (TPSA) is 102 Å². The van der Waals surface area contributed by atoms with E-state index in [0.29, 0.717) is 12.8 Å². The molecule has 53 heavy (non-hydrogen) atoms. The molecule has 8 heteroatoms. The fourth-order valence-corrected chi connectivity index (χ4v) is 4.95. The molecule has 0 aliphatic heterocycles. The first kappa shape index (κ1) is 49.2. The van der Waals surface area contributed by atoms with Gasteiger partial charge in [-0.2, -0.15) is 0 Å². The molecule has 0 aromatic heterocycles. The molecular weight excluding hydrogens is 666 g/mol. The summed E-state index contributed by atoms with van der Waals surface area (Å²) in [5.41, 5.74) is 0. The second kappa shape index (κ2) is 35.3. The number of carbonyl (C=O) groups excluding carboxylic acids is 3. The highest BCUT2D eigenvalue weighted by atomic mass is 16.6. The van der Waals surface area contributed by atoms with E-state index in [4.69, 9.17) is 14.2 Å². The van der Waals surface area contributed by atoms with Crippen molar-refractivity contribution in [3.05, 3.63) is 97.2 Å². The molecule has 0 aromatic carbocycles. The number of likely N-dealkylation sites (N-methyl/N-ethyl adjacent to an activating group) is 1. The van der Waals surface area contributed by atoms with Gasteiger partial charge >= 0.3 is 11.9 Å². The van der Waals surface area contributed by atoms with Gasteiger partial charge in [-0.05, 0) is 77.0 Å². The van der Waals surface area contributed by atoms with Crippen LogP contribution in [0, 0.1) is 0 Å². The summed E-state index contributed by atoms with van der Waals surface area (Å²) >= 11 is 0. The lowest BCUT2D eigenvalue weighted by Gasteiger charge is -2.34. The third kappa shape index (κ3) is 33.8. The number of allylic oxidation sites excluding steroid dienone is 16. The Morgan fingerprint density at radius 3 is 1.51 bits per heavy atom. The zero-order chi connectivity index (χ0) is 39.3. The van der Waals surface area contributed by atoms with Crippen molar-refractivity contribution in [3.63, 3.8) is 0 Å². The van der Waals surface area contributed by atoms with E-state index in [2.05, 4.69) is 98.9 Å². The van der Waals surface area contributed by atoms with Gasteiger partial charge in [-0.25, -0.2) is 0 Å². The maximum Gasteiger partial charge on any atom is 0.306 e. The molecule has 0 radical (unpaired) electrons. The Balaban J connectivity index is 4.36. The number of esters is 2. The number of ether oxygens (including phenoxy) is 3. The average Bonchev–Trinajstić information content (AvgIpc) is 3.11. The van der Waals surface area contributed by atoms with Crippen molar-refractivity contribution in [2.75, 3.05) is 41.0 Å². The summed E-state index contributed by atoms with van der Waals surface area (Å²) in [6, 6.07) is -0.743. The molecule has 0 heterocycles. The first-order valence-electron chi connectivity index (χ1n) is 19.8. The number of quaternary nitrogens is 1. The number of rotatable bonds is 33. The lowest BCUT2D eigenvalue weighted by molar-refractivity contribution is -0.889. The lowest BCUT2D eigenvalue weighted by Crippen LogP contribution is -2.55. The molecule has 0 rings (SSSR count). The second-order valence-corrected chi connectivity index (χ2v) is 13.7. The number of unbranched alkanes of at least 4 members (excludes halogenated alkanes) is 3. The van der Waals surface area contributed by atoms with Crippen molar-refractivity contribution < 1.29 is 38.2 Å². The van der Waals surface area contributed by atoms with Crippen molar-refractivity contribution in [1.82, 2.24) is 0 Å². The van der Waals surface area contributed by atoms with E-state index in [9.17, 15) is 19.5 Å². The number of hydrogen-bond acceptors (Lipinski definition) is 7. The van der Waals surface area contributed by atoms with E-state index >= 15 is 0 Å². The molecule has 0 bridgehead atoms. The monoisotopic (exact) mass is 738 g/mol. The largest absolute Gasteiger partial charge is 0.544 e. The van der Waals surface area contributed by atoms with Gasteiger partial charge in [0.15, 0.2) is 6.10 Å². The summed E-state index contributed by atoms with van der Waals surface area (Å²) in [6.07, 6.45) is 46.2. The van der Waals surface area contributed by atoms with Gasteiger partial charge in [0, 0.05) is 19.3 Å². The SMILES string of the molecule is CC/C=C/C/C=C/C/C=C/C/C=C/C/C=C/C/C=C/CCCCCC(=O)OCC(COCCC(C(=O)[O-])[N+](C)(C)C)OC(=O)CC/C=C/C/C=C/CC. The van der Waals surface area contributed by atoms with Gasteiger partial charge in [0.1, 0.15) is 12.6 Å². The zero-order valence-corrected chi connectivity index (χ0v) is 33.6. The van der Waals surface area contributed by atoms with Crippen LogP contribution in [0.4, 0.5) is 0 Å². The summed E-state index contributed by atoms with van der Waals surface area (Å²) in [4.78, 5) is 36.5. The Kier molecular flexibility index (Phi) is 32.8. The van der Waals surface area contributed by atoms with E-state index in [1.165, 1.54) is 0 Å². The number of carboxylic acids is 1. The van der Waals surface area contributed by atoms with Gasteiger partial charge in [-0.1, -0.05) is 117 Å². The third-order valence-corrected chi connectivity index (χ3v) is 7.98. The Morgan fingerprint density at radius 2 is 1.04 bits per heavy atom. The van der Waals surface area contributed by atoms with Gasteiger partial charge in [0.25, 0.3) is 0 Å². The Morgan fingerprint density at radius 1 is 0.566 bits per heavy atom. The normalized spacial score (nSPS) is 14.1. The maximum absolute atomic E-state index is 12.5. The number of carboxylic acid groups (broad SMARTS) is 1. The van der Waals surface area contributed by atoms with Gasteiger partial charge in [-0.15, -0.1) is 0 Å². The minimum atomic E-state index is -1.14. The summed E-state index contributed by atoms with van der Waals surface area (Å²) in [7, 11) is 5.35. The molecule has 0 aliphatic carbocycles.